The summed E-state index contributed by atoms with van der Waals surface area (Å²) >= 11 is 6.13. The Morgan fingerprint density at radius 2 is 2.16 bits per heavy atom. The Bertz CT molecular complexity index is 548. The lowest BCUT2D eigenvalue weighted by atomic mass is 10.3. The Morgan fingerprint density at radius 1 is 1.37 bits per heavy atom. The van der Waals surface area contributed by atoms with E-state index in [1.165, 1.54) is 0 Å². The highest BCUT2D eigenvalue weighted by atomic mass is 35.5. The minimum atomic E-state index is -2.87. The summed E-state index contributed by atoms with van der Waals surface area (Å²) in [6.45, 7) is 1.90. The van der Waals surface area contributed by atoms with Crippen LogP contribution in [0.1, 0.15) is 12.1 Å². The number of sulfone groups is 1. The summed E-state index contributed by atoms with van der Waals surface area (Å²) in [5.41, 5.74) is 0.785. The van der Waals surface area contributed by atoms with Crippen LogP contribution in [-0.2, 0) is 16.4 Å². The zero-order valence-corrected chi connectivity index (χ0v) is 12.5. The quantitative estimate of drug-likeness (QED) is 0.914. The van der Waals surface area contributed by atoms with Gasteiger partial charge in [-0.1, -0.05) is 11.6 Å². The molecule has 1 fully saturated rings. The number of hydrogen-bond acceptors (Lipinski definition) is 5. The topological polar surface area (TPSA) is 62.3 Å². The fourth-order valence-corrected chi connectivity index (χ4v) is 3.57. The summed E-state index contributed by atoms with van der Waals surface area (Å²) in [6, 6.07) is 3.63. The number of halogens is 1. The van der Waals surface area contributed by atoms with Crippen LogP contribution < -0.4 is 5.32 Å². The largest absolute Gasteiger partial charge is 0.373 e. The molecule has 0 bridgehead atoms. The molecule has 106 valence electrons. The van der Waals surface area contributed by atoms with Gasteiger partial charge < -0.3 is 5.32 Å². The molecular formula is C12H18ClN3O2S. The van der Waals surface area contributed by atoms with Gasteiger partial charge in [0.2, 0.25) is 0 Å². The lowest BCUT2D eigenvalue weighted by Gasteiger charge is -2.19. The van der Waals surface area contributed by atoms with Crippen molar-refractivity contribution < 1.29 is 8.42 Å². The van der Waals surface area contributed by atoms with Crippen LogP contribution in [0.25, 0.3) is 0 Å². The van der Waals surface area contributed by atoms with Crippen LogP contribution in [0.15, 0.2) is 12.1 Å². The SMILES string of the molecule is CNc1ccc(Cl)c(CN2CCCS(=O)(=O)CC2)n1. The standard InChI is InChI=1S/C12H18ClN3O2S/c1-14-12-4-3-10(13)11(15-12)9-16-5-2-7-19(17,18)8-6-16/h3-4H,2,5-9H2,1H3,(H,14,15). The Hall–Kier alpha value is -0.850. The Kier molecular flexibility index (Phi) is 4.65. The lowest BCUT2D eigenvalue weighted by molar-refractivity contribution is 0.284. The van der Waals surface area contributed by atoms with Gasteiger partial charge in [0, 0.05) is 20.1 Å². The minimum Gasteiger partial charge on any atom is -0.373 e. The molecule has 5 nitrogen and oxygen atoms in total. The van der Waals surface area contributed by atoms with Crippen LogP contribution in [0.3, 0.4) is 0 Å². The molecule has 0 amide bonds. The third-order valence-electron chi connectivity index (χ3n) is 3.20. The van der Waals surface area contributed by atoms with Gasteiger partial charge >= 0.3 is 0 Å². The average molecular weight is 304 g/mol. The Labute approximate surface area is 118 Å². The van der Waals surface area contributed by atoms with Gasteiger partial charge in [0.05, 0.1) is 22.2 Å². The Balaban J connectivity index is 2.08. The van der Waals surface area contributed by atoms with Gasteiger partial charge in [-0.25, -0.2) is 13.4 Å². The van der Waals surface area contributed by atoms with Gasteiger partial charge in [-0.2, -0.15) is 0 Å². The molecule has 7 heteroatoms. The highest BCUT2D eigenvalue weighted by Gasteiger charge is 2.20. The van der Waals surface area contributed by atoms with Crippen molar-refractivity contribution in [1.29, 1.82) is 0 Å². The molecule has 0 aromatic carbocycles. The monoisotopic (exact) mass is 303 g/mol. The van der Waals surface area contributed by atoms with E-state index in [1.807, 2.05) is 12.1 Å². The molecule has 2 rings (SSSR count). The zero-order chi connectivity index (χ0) is 13.9. The summed E-state index contributed by atoms with van der Waals surface area (Å²) in [5.74, 6) is 1.26. The number of rotatable bonds is 3. The van der Waals surface area contributed by atoms with Gasteiger partial charge in [0.25, 0.3) is 0 Å². The van der Waals surface area contributed by atoms with Crippen molar-refractivity contribution in [2.75, 3.05) is 37.0 Å². The van der Waals surface area contributed by atoms with Gasteiger partial charge in [-0.3, -0.25) is 4.90 Å². The molecule has 1 saturated heterocycles. The summed E-state index contributed by atoms with van der Waals surface area (Å²) in [5, 5.41) is 3.59. The summed E-state index contributed by atoms with van der Waals surface area (Å²) in [4.78, 5) is 6.51. The maximum atomic E-state index is 11.6. The second-order valence-electron chi connectivity index (χ2n) is 4.66. The summed E-state index contributed by atoms with van der Waals surface area (Å²) in [7, 11) is -1.07. The fourth-order valence-electron chi connectivity index (χ4n) is 2.09. The van der Waals surface area contributed by atoms with Crippen molar-refractivity contribution in [3.8, 4) is 0 Å². The molecule has 0 spiro atoms. The molecule has 0 atom stereocenters. The fraction of sp³-hybridized carbons (Fsp3) is 0.583. The summed E-state index contributed by atoms with van der Waals surface area (Å²) < 4.78 is 23.1. The van der Waals surface area contributed by atoms with E-state index in [0.717, 1.165) is 18.1 Å². The third kappa shape index (κ3) is 4.06. The van der Waals surface area contributed by atoms with E-state index >= 15 is 0 Å². The van der Waals surface area contributed by atoms with Crippen molar-refractivity contribution in [1.82, 2.24) is 9.88 Å². The number of aromatic nitrogens is 1. The first kappa shape index (κ1) is 14.6. The molecule has 1 N–H and O–H groups in total. The average Bonchev–Trinajstić information content (AvgIpc) is 2.54. The van der Waals surface area contributed by atoms with Gasteiger partial charge in [0.1, 0.15) is 5.82 Å². The number of nitrogens with one attached hydrogen (secondary N) is 1. The first-order valence-corrected chi connectivity index (χ1v) is 8.46. The van der Waals surface area contributed by atoms with Crippen LogP contribution >= 0.6 is 11.6 Å². The van der Waals surface area contributed by atoms with Crippen LogP contribution in [-0.4, -0.2) is 49.9 Å². The third-order valence-corrected chi connectivity index (χ3v) is 5.26. The second kappa shape index (κ2) is 6.07. The van der Waals surface area contributed by atoms with Crippen molar-refractivity contribution in [3.63, 3.8) is 0 Å². The molecule has 2 heterocycles. The predicted octanol–water partition coefficient (Wildman–Crippen LogP) is 1.40. The normalized spacial score (nSPS) is 19.9. The highest BCUT2D eigenvalue weighted by molar-refractivity contribution is 7.91. The Morgan fingerprint density at radius 3 is 2.89 bits per heavy atom. The highest BCUT2D eigenvalue weighted by Crippen LogP contribution is 2.19. The maximum absolute atomic E-state index is 11.6. The number of nitrogens with zero attached hydrogens (tertiary/aromatic N) is 2. The predicted molar refractivity (Wildman–Crippen MR) is 77.3 cm³/mol. The van der Waals surface area contributed by atoms with Gasteiger partial charge in [-0.05, 0) is 25.1 Å². The smallest absolute Gasteiger partial charge is 0.151 e. The number of pyridine rings is 1. The molecule has 0 saturated carbocycles. The van der Waals surface area contributed by atoms with E-state index in [2.05, 4.69) is 15.2 Å². The number of anilines is 1. The second-order valence-corrected chi connectivity index (χ2v) is 7.37. The van der Waals surface area contributed by atoms with Crippen molar-refractivity contribution in [3.05, 3.63) is 22.8 Å². The van der Waals surface area contributed by atoms with E-state index in [9.17, 15) is 8.42 Å². The minimum absolute atomic E-state index is 0.219. The molecule has 0 radical (unpaired) electrons. The van der Waals surface area contributed by atoms with Crippen LogP contribution in [0, 0.1) is 0 Å². The van der Waals surface area contributed by atoms with Crippen LogP contribution in [0.5, 0.6) is 0 Å². The molecule has 0 unspecified atom stereocenters. The lowest BCUT2D eigenvalue weighted by Crippen LogP contribution is -2.27. The first-order valence-electron chi connectivity index (χ1n) is 6.26. The van der Waals surface area contributed by atoms with Crippen LogP contribution in [0.2, 0.25) is 5.02 Å². The first-order chi connectivity index (χ1) is 9.00. The van der Waals surface area contributed by atoms with E-state index in [4.69, 9.17) is 11.6 Å². The number of hydrogen-bond donors (Lipinski definition) is 1. The van der Waals surface area contributed by atoms with Crippen molar-refractivity contribution >= 4 is 27.3 Å². The molecule has 19 heavy (non-hydrogen) atoms. The molecule has 1 aliphatic heterocycles. The molecule has 1 aromatic heterocycles. The van der Waals surface area contributed by atoms with E-state index in [-0.39, 0.29) is 11.5 Å². The molecule has 1 aliphatic rings. The van der Waals surface area contributed by atoms with Crippen molar-refractivity contribution in [2.45, 2.75) is 13.0 Å². The van der Waals surface area contributed by atoms with E-state index in [0.29, 0.717) is 24.5 Å². The van der Waals surface area contributed by atoms with Gasteiger partial charge in [-0.15, -0.1) is 0 Å². The maximum Gasteiger partial charge on any atom is 0.151 e. The van der Waals surface area contributed by atoms with E-state index < -0.39 is 9.84 Å². The zero-order valence-electron chi connectivity index (χ0n) is 10.9. The van der Waals surface area contributed by atoms with E-state index in [1.54, 1.807) is 7.05 Å². The summed E-state index contributed by atoms with van der Waals surface area (Å²) in [6.07, 6.45) is 0.672. The molecule has 1 aromatic rings. The molecular weight excluding hydrogens is 286 g/mol. The molecule has 0 aliphatic carbocycles. The van der Waals surface area contributed by atoms with Crippen LogP contribution in [0.4, 0.5) is 5.82 Å². The van der Waals surface area contributed by atoms with Crippen molar-refractivity contribution in [2.24, 2.45) is 0 Å². The van der Waals surface area contributed by atoms with Gasteiger partial charge in [0.15, 0.2) is 9.84 Å².